The van der Waals surface area contributed by atoms with Crippen molar-refractivity contribution < 1.29 is 18.0 Å². The summed E-state index contributed by atoms with van der Waals surface area (Å²) in [5.74, 6) is -0.254. The van der Waals surface area contributed by atoms with Crippen LogP contribution in [0.1, 0.15) is 19.3 Å². The molecule has 0 radical (unpaired) electrons. The van der Waals surface area contributed by atoms with E-state index >= 15 is 0 Å². The fourth-order valence-corrected chi connectivity index (χ4v) is 2.34. The molecule has 2 aliphatic heterocycles. The molecule has 6 heteroatoms. The maximum Gasteiger partial charge on any atom is 0.405 e. The molecule has 1 N–H and O–H groups in total. The summed E-state index contributed by atoms with van der Waals surface area (Å²) in [6.45, 7) is 0.0705. The average molecular weight is 222 g/mol. The van der Waals surface area contributed by atoms with Gasteiger partial charge >= 0.3 is 6.18 Å². The van der Waals surface area contributed by atoms with E-state index in [2.05, 4.69) is 5.32 Å². The number of fused-ring (bicyclic) bond motifs is 1. The first kappa shape index (κ1) is 10.7. The normalized spacial score (nSPS) is 33.4. The number of nitrogens with one attached hydrogen (secondary N) is 1. The van der Waals surface area contributed by atoms with Gasteiger partial charge in [0.1, 0.15) is 6.04 Å². The maximum absolute atomic E-state index is 12.6. The van der Waals surface area contributed by atoms with Crippen molar-refractivity contribution in [2.45, 2.75) is 37.5 Å². The van der Waals surface area contributed by atoms with E-state index in [1.54, 1.807) is 0 Å². The van der Waals surface area contributed by atoms with Crippen LogP contribution in [0.3, 0.4) is 0 Å². The molecule has 86 valence electrons. The highest BCUT2D eigenvalue weighted by Crippen LogP contribution is 2.31. The largest absolute Gasteiger partial charge is 0.405 e. The number of piperidine rings is 1. The summed E-state index contributed by atoms with van der Waals surface area (Å²) in [6.07, 6.45) is -2.13. The fourth-order valence-electron chi connectivity index (χ4n) is 2.34. The van der Waals surface area contributed by atoms with Gasteiger partial charge in [-0.2, -0.15) is 13.2 Å². The van der Waals surface area contributed by atoms with Crippen LogP contribution in [-0.2, 0) is 4.79 Å². The van der Waals surface area contributed by atoms with Gasteiger partial charge in [-0.15, -0.1) is 0 Å². The van der Waals surface area contributed by atoms with Crippen LogP contribution in [-0.4, -0.2) is 42.2 Å². The van der Waals surface area contributed by atoms with E-state index in [1.165, 1.54) is 4.90 Å². The van der Waals surface area contributed by atoms with Gasteiger partial charge in [-0.3, -0.25) is 9.69 Å². The fraction of sp³-hybridized carbons (Fsp3) is 0.889. The molecular formula is C9H13F3N2O. The van der Waals surface area contributed by atoms with E-state index in [4.69, 9.17) is 0 Å². The molecule has 0 aromatic carbocycles. The van der Waals surface area contributed by atoms with Gasteiger partial charge in [-0.1, -0.05) is 6.42 Å². The molecule has 0 aromatic rings. The van der Waals surface area contributed by atoms with E-state index in [-0.39, 0.29) is 12.5 Å². The summed E-state index contributed by atoms with van der Waals surface area (Å²) in [5, 5.41) is 2.34. The average Bonchev–Trinajstić information content (AvgIpc) is 2.17. The highest BCUT2D eigenvalue weighted by Gasteiger charge is 2.50. The van der Waals surface area contributed by atoms with Gasteiger partial charge in [0.05, 0.1) is 6.04 Å². The predicted octanol–water partition coefficient (Wildman–Crippen LogP) is 0.902. The molecule has 0 bridgehead atoms. The minimum Gasteiger partial charge on any atom is -0.353 e. The summed E-state index contributed by atoms with van der Waals surface area (Å²) in [4.78, 5) is 12.7. The zero-order valence-electron chi connectivity index (χ0n) is 8.18. The van der Waals surface area contributed by atoms with E-state index < -0.39 is 18.3 Å². The van der Waals surface area contributed by atoms with Gasteiger partial charge < -0.3 is 5.32 Å². The number of carbonyl (C=O) groups excluding carboxylic acids is 1. The summed E-state index contributed by atoms with van der Waals surface area (Å²) < 4.78 is 37.9. The lowest BCUT2D eigenvalue weighted by molar-refractivity contribution is -0.199. The Bertz CT molecular complexity index is 267. The lowest BCUT2D eigenvalue weighted by Crippen LogP contribution is -2.65. The molecule has 15 heavy (non-hydrogen) atoms. The van der Waals surface area contributed by atoms with Crippen LogP contribution >= 0.6 is 0 Å². The van der Waals surface area contributed by atoms with Gasteiger partial charge in [-0.05, 0) is 19.4 Å². The van der Waals surface area contributed by atoms with Crippen molar-refractivity contribution in [2.24, 2.45) is 0 Å². The number of nitrogens with zero attached hydrogens (tertiary/aromatic N) is 1. The summed E-state index contributed by atoms with van der Waals surface area (Å²) >= 11 is 0. The smallest absolute Gasteiger partial charge is 0.353 e. The third kappa shape index (κ3) is 1.95. The first-order chi connectivity index (χ1) is 7.00. The summed E-state index contributed by atoms with van der Waals surface area (Å²) in [6, 6.07) is -2.07. The molecule has 1 amide bonds. The standard InChI is InChI=1S/C9H13F3N2O/c10-9(11,12)7-5-13-8(15)6-3-1-2-4-14(6)7/h6-7H,1-5H2,(H,13,15)/t6-,7+/m0/s1. The van der Waals surface area contributed by atoms with Crippen LogP contribution in [0, 0.1) is 0 Å². The van der Waals surface area contributed by atoms with Crippen LogP contribution in [0.4, 0.5) is 13.2 Å². The molecule has 2 aliphatic rings. The Morgan fingerprint density at radius 2 is 2.07 bits per heavy atom. The van der Waals surface area contributed by atoms with Gasteiger partial charge in [0.25, 0.3) is 0 Å². The number of piperazine rings is 1. The van der Waals surface area contributed by atoms with Crippen LogP contribution in [0.15, 0.2) is 0 Å². The zero-order chi connectivity index (χ0) is 11.1. The maximum atomic E-state index is 12.6. The van der Waals surface area contributed by atoms with Crippen LogP contribution in [0.5, 0.6) is 0 Å². The van der Waals surface area contributed by atoms with Gasteiger partial charge in [-0.25, -0.2) is 0 Å². The van der Waals surface area contributed by atoms with Crippen LogP contribution in [0.2, 0.25) is 0 Å². The lowest BCUT2D eigenvalue weighted by Gasteiger charge is -2.44. The van der Waals surface area contributed by atoms with E-state index in [1.807, 2.05) is 0 Å². The second-order valence-electron chi connectivity index (χ2n) is 4.05. The molecule has 2 atom stereocenters. The van der Waals surface area contributed by atoms with Crippen molar-refractivity contribution in [1.29, 1.82) is 0 Å². The Balaban J connectivity index is 2.17. The van der Waals surface area contributed by atoms with Crippen molar-refractivity contribution in [2.75, 3.05) is 13.1 Å². The van der Waals surface area contributed by atoms with Crippen molar-refractivity contribution in [1.82, 2.24) is 10.2 Å². The molecule has 0 unspecified atom stereocenters. The van der Waals surface area contributed by atoms with E-state index in [0.29, 0.717) is 13.0 Å². The molecule has 0 aromatic heterocycles. The molecule has 2 saturated heterocycles. The Morgan fingerprint density at radius 1 is 1.33 bits per heavy atom. The third-order valence-electron chi connectivity index (χ3n) is 3.09. The van der Waals surface area contributed by atoms with Gasteiger partial charge in [0.15, 0.2) is 0 Å². The quantitative estimate of drug-likeness (QED) is 0.660. The number of hydrogen-bond acceptors (Lipinski definition) is 2. The highest BCUT2D eigenvalue weighted by atomic mass is 19.4. The van der Waals surface area contributed by atoms with Crippen molar-refractivity contribution in [3.63, 3.8) is 0 Å². The number of rotatable bonds is 0. The van der Waals surface area contributed by atoms with E-state index in [0.717, 1.165) is 12.8 Å². The van der Waals surface area contributed by atoms with Gasteiger partial charge in [0.2, 0.25) is 5.91 Å². The predicted molar refractivity (Wildman–Crippen MR) is 47.2 cm³/mol. The first-order valence-electron chi connectivity index (χ1n) is 5.10. The zero-order valence-corrected chi connectivity index (χ0v) is 8.18. The number of halogens is 3. The Labute approximate surface area is 85.6 Å². The monoisotopic (exact) mass is 222 g/mol. The third-order valence-corrected chi connectivity index (χ3v) is 3.09. The number of carbonyl (C=O) groups is 1. The van der Waals surface area contributed by atoms with Crippen molar-refractivity contribution in [3.05, 3.63) is 0 Å². The minimum atomic E-state index is -4.25. The Hall–Kier alpha value is -0.780. The van der Waals surface area contributed by atoms with Crippen molar-refractivity contribution in [3.8, 4) is 0 Å². The second-order valence-corrected chi connectivity index (χ2v) is 4.05. The summed E-state index contributed by atoms with van der Waals surface area (Å²) in [5.41, 5.74) is 0. The Kier molecular flexibility index (Phi) is 2.62. The Morgan fingerprint density at radius 3 is 2.73 bits per heavy atom. The number of alkyl halides is 3. The first-order valence-corrected chi connectivity index (χ1v) is 5.10. The topological polar surface area (TPSA) is 32.3 Å². The number of hydrogen-bond donors (Lipinski definition) is 1. The molecule has 0 saturated carbocycles. The molecular weight excluding hydrogens is 209 g/mol. The SMILES string of the molecule is O=C1NC[C@H](C(F)(F)F)N2CCCC[C@@H]12. The van der Waals surface area contributed by atoms with Crippen molar-refractivity contribution >= 4 is 5.91 Å². The van der Waals surface area contributed by atoms with Crippen LogP contribution in [0.25, 0.3) is 0 Å². The molecule has 2 rings (SSSR count). The van der Waals surface area contributed by atoms with Crippen LogP contribution < -0.4 is 5.32 Å². The minimum absolute atomic E-state index is 0.254. The molecule has 2 fully saturated rings. The van der Waals surface area contributed by atoms with Gasteiger partial charge in [0, 0.05) is 6.54 Å². The molecule has 2 heterocycles. The second kappa shape index (κ2) is 3.66. The molecule has 0 aliphatic carbocycles. The molecule has 0 spiro atoms. The highest BCUT2D eigenvalue weighted by molar-refractivity contribution is 5.82. The summed E-state index contributed by atoms with van der Waals surface area (Å²) in [7, 11) is 0. The van der Waals surface area contributed by atoms with E-state index in [9.17, 15) is 18.0 Å². The lowest BCUT2D eigenvalue weighted by atomic mass is 9.96. The number of amides is 1. The molecule has 3 nitrogen and oxygen atoms in total.